The van der Waals surface area contributed by atoms with Crippen LogP contribution >= 0.6 is 0 Å². The number of hydrogen-bond acceptors (Lipinski definition) is 1. The normalized spacial score (nSPS) is 12.7. The van der Waals surface area contributed by atoms with Crippen LogP contribution in [0, 0.1) is 0 Å². The summed E-state index contributed by atoms with van der Waals surface area (Å²) in [4.78, 5) is 4.00. The van der Waals surface area contributed by atoms with Crippen molar-refractivity contribution in [2.45, 2.75) is 13.8 Å². The first kappa shape index (κ1) is 8.15. The van der Waals surface area contributed by atoms with Crippen LogP contribution in [0.15, 0.2) is 29.3 Å². The minimum absolute atomic E-state index is 0.861. The zero-order valence-electron chi connectivity index (χ0n) is 6.04. The average molecular weight is 123 g/mol. The van der Waals surface area contributed by atoms with E-state index < -0.39 is 0 Å². The van der Waals surface area contributed by atoms with Gasteiger partial charge >= 0.3 is 0 Å². The summed E-state index contributed by atoms with van der Waals surface area (Å²) in [6.07, 6.45) is 9.64. The second kappa shape index (κ2) is 7.15. The molecule has 0 saturated heterocycles. The summed E-state index contributed by atoms with van der Waals surface area (Å²) < 4.78 is 0. The van der Waals surface area contributed by atoms with Crippen molar-refractivity contribution in [2.75, 3.05) is 6.54 Å². The van der Waals surface area contributed by atoms with Gasteiger partial charge in [0, 0.05) is 12.8 Å². The van der Waals surface area contributed by atoms with E-state index in [1.165, 1.54) is 0 Å². The van der Waals surface area contributed by atoms with Crippen LogP contribution in [0.4, 0.5) is 0 Å². The Kier molecular flexibility index (Phi) is 6.47. The molecule has 0 amide bonds. The highest BCUT2D eigenvalue weighted by molar-refractivity contribution is 5.71. The Morgan fingerprint density at radius 3 is 2.56 bits per heavy atom. The van der Waals surface area contributed by atoms with Crippen molar-refractivity contribution in [1.29, 1.82) is 0 Å². The van der Waals surface area contributed by atoms with Crippen molar-refractivity contribution in [3.8, 4) is 0 Å². The second-order valence-electron chi connectivity index (χ2n) is 1.56. The lowest BCUT2D eigenvalue weighted by molar-refractivity contribution is 1.14. The number of nitrogens with zero attached hydrogens (tertiary/aromatic N) is 1. The molecule has 0 spiro atoms. The Labute approximate surface area is 56.8 Å². The summed E-state index contributed by atoms with van der Waals surface area (Å²) in [6, 6.07) is 0. The molecule has 9 heavy (non-hydrogen) atoms. The van der Waals surface area contributed by atoms with Crippen LogP contribution in [0.25, 0.3) is 0 Å². The van der Waals surface area contributed by atoms with Crippen molar-refractivity contribution in [3.63, 3.8) is 0 Å². The fraction of sp³-hybridized carbons (Fsp3) is 0.375. The molecule has 50 valence electrons. The third-order valence-corrected chi connectivity index (χ3v) is 0.789. The molecule has 0 aliphatic heterocycles. The minimum Gasteiger partial charge on any atom is -0.293 e. The van der Waals surface area contributed by atoms with Gasteiger partial charge in [-0.2, -0.15) is 0 Å². The molecule has 0 aromatic rings. The van der Waals surface area contributed by atoms with Gasteiger partial charge in [0.15, 0.2) is 0 Å². The van der Waals surface area contributed by atoms with Gasteiger partial charge < -0.3 is 0 Å². The molecule has 0 aromatic heterocycles. The van der Waals surface area contributed by atoms with E-state index in [4.69, 9.17) is 0 Å². The van der Waals surface area contributed by atoms with Gasteiger partial charge in [-0.3, -0.25) is 4.99 Å². The van der Waals surface area contributed by atoms with E-state index in [0.717, 1.165) is 6.54 Å². The van der Waals surface area contributed by atoms with Gasteiger partial charge in [0.2, 0.25) is 0 Å². The molecule has 0 aliphatic carbocycles. The predicted molar refractivity (Wildman–Crippen MR) is 43.0 cm³/mol. The highest BCUT2D eigenvalue weighted by Gasteiger charge is 1.60. The maximum atomic E-state index is 4.00. The van der Waals surface area contributed by atoms with Gasteiger partial charge in [0.1, 0.15) is 0 Å². The largest absolute Gasteiger partial charge is 0.293 e. The molecule has 0 aliphatic rings. The van der Waals surface area contributed by atoms with E-state index in [0.29, 0.717) is 0 Å². The maximum absolute atomic E-state index is 4.00. The Morgan fingerprint density at radius 2 is 2.00 bits per heavy atom. The molecule has 0 fully saturated rings. The Morgan fingerprint density at radius 1 is 1.22 bits per heavy atom. The van der Waals surface area contributed by atoms with E-state index >= 15 is 0 Å². The topological polar surface area (TPSA) is 12.4 Å². The first-order chi connectivity index (χ1) is 4.41. The van der Waals surface area contributed by atoms with Crippen LogP contribution in [0.1, 0.15) is 13.8 Å². The van der Waals surface area contributed by atoms with Crippen molar-refractivity contribution < 1.29 is 0 Å². The summed E-state index contributed by atoms with van der Waals surface area (Å²) in [5.74, 6) is 0. The van der Waals surface area contributed by atoms with Gasteiger partial charge in [-0.25, -0.2) is 0 Å². The van der Waals surface area contributed by atoms with Crippen LogP contribution in [0.5, 0.6) is 0 Å². The maximum Gasteiger partial charge on any atom is 0.0360 e. The fourth-order valence-corrected chi connectivity index (χ4v) is 0.391. The lowest BCUT2D eigenvalue weighted by Crippen LogP contribution is -1.67. The molecular formula is C8H13N. The van der Waals surface area contributed by atoms with Crippen molar-refractivity contribution in [2.24, 2.45) is 4.99 Å². The minimum atomic E-state index is 0.861. The molecule has 0 heterocycles. The van der Waals surface area contributed by atoms with Crippen LogP contribution in [-0.2, 0) is 0 Å². The van der Waals surface area contributed by atoms with Gasteiger partial charge in [0.25, 0.3) is 0 Å². The standard InChI is InChI=1S/C8H13N/c1-3-5-6-7-8-9-4-2/h3,5-8H,4H2,1-2H3/b5-3+,7-6-,9-8?. The average Bonchev–Trinajstić information content (AvgIpc) is 1.89. The van der Waals surface area contributed by atoms with Crippen molar-refractivity contribution in [3.05, 3.63) is 24.3 Å². The summed E-state index contributed by atoms with van der Waals surface area (Å²) >= 11 is 0. The van der Waals surface area contributed by atoms with Gasteiger partial charge in [-0.1, -0.05) is 18.2 Å². The second-order valence-corrected chi connectivity index (χ2v) is 1.56. The van der Waals surface area contributed by atoms with E-state index in [9.17, 15) is 0 Å². The van der Waals surface area contributed by atoms with Gasteiger partial charge in [-0.05, 0) is 19.9 Å². The van der Waals surface area contributed by atoms with Crippen molar-refractivity contribution >= 4 is 6.21 Å². The molecular weight excluding hydrogens is 110 g/mol. The Balaban J connectivity index is 3.35. The number of rotatable bonds is 3. The molecule has 0 N–H and O–H groups in total. The van der Waals surface area contributed by atoms with Gasteiger partial charge in [-0.15, -0.1) is 0 Å². The molecule has 1 nitrogen and oxygen atoms in total. The molecule has 0 saturated carbocycles. The Bertz CT molecular complexity index is 121. The smallest absolute Gasteiger partial charge is 0.0360 e. The number of aliphatic imine (C=N–C) groups is 1. The molecule has 0 aromatic carbocycles. The first-order valence-electron chi connectivity index (χ1n) is 3.19. The summed E-state index contributed by atoms with van der Waals surface area (Å²) in [6.45, 7) is 4.86. The lowest BCUT2D eigenvalue weighted by Gasteiger charge is -1.73. The molecule has 0 bridgehead atoms. The van der Waals surface area contributed by atoms with Crippen LogP contribution in [0.3, 0.4) is 0 Å². The number of hydrogen-bond donors (Lipinski definition) is 0. The van der Waals surface area contributed by atoms with E-state index in [1.54, 1.807) is 6.21 Å². The molecule has 0 atom stereocenters. The SMILES string of the molecule is C/C=C/C=C\C=NCC. The number of allylic oxidation sites excluding steroid dienone is 4. The molecule has 0 unspecified atom stereocenters. The zero-order valence-corrected chi connectivity index (χ0v) is 6.04. The molecule has 1 heteroatoms. The lowest BCUT2D eigenvalue weighted by atomic mass is 10.4. The van der Waals surface area contributed by atoms with Gasteiger partial charge in [0.05, 0.1) is 0 Å². The molecule has 0 rings (SSSR count). The van der Waals surface area contributed by atoms with Crippen LogP contribution in [-0.4, -0.2) is 12.8 Å². The van der Waals surface area contributed by atoms with Crippen LogP contribution in [0.2, 0.25) is 0 Å². The Hall–Kier alpha value is -0.850. The highest BCUT2D eigenvalue weighted by atomic mass is 14.7. The van der Waals surface area contributed by atoms with Crippen molar-refractivity contribution in [1.82, 2.24) is 0 Å². The summed E-state index contributed by atoms with van der Waals surface area (Å²) in [7, 11) is 0. The zero-order chi connectivity index (χ0) is 6.95. The summed E-state index contributed by atoms with van der Waals surface area (Å²) in [5.41, 5.74) is 0. The van der Waals surface area contributed by atoms with E-state index in [1.807, 2.05) is 38.2 Å². The molecule has 0 radical (unpaired) electrons. The third kappa shape index (κ3) is 7.15. The third-order valence-electron chi connectivity index (χ3n) is 0.789. The summed E-state index contributed by atoms with van der Waals surface area (Å²) in [5, 5.41) is 0. The first-order valence-corrected chi connectivity index (χ1v) is 3.19. The van der Waals surface area contributed by atoms with Crippen LogP contribution < -0.4 is 0 Å². The predicted octanol–water partition coefficient (Wildman–Crippen LogP) is 2.21. The van der Waals surface area contributed by atoms with E-state index in [-0.39, 0.29) is 0 Å². The quantitative estimate of drug-likeness (QED) is 0.403. The highest BCUT2D eigenvalue weighted by Crippen LogP contribution is 1.73. The van der Waals surface area contributed by atoms with E-state index in [2.05, 4.69) is 4.99 Å². The fourth-order valence-electron chi connectivity index (χ4n) is 0.391. The monoisotopic (exact) mass is 123 g/mol.